The Labute approximate surface area is 121 Å². The van der Waals surface area contributed by atoms with Crippen molar-refractivity contribution in [2.45, 2.75) is 38.8 Å². The minimum atomic E-state index is 0.0490. The molecule has 2 rings (SSSR count). The van der Waals surface area contributed by atoms with E-state index in [4.69, 9.17) is 4.74 Å². The van der Waals surface area contributed by atoms with Gasteiger partial charge >= 0.3 is 0 Å². The molecule has 0 radical (unpaired) electrons. The van der Waals surface area contributed by atoms with Gasteiger partial charge in [0.1, 0.15) is 5.75 Å². The van der Waals surface area contributed by atoms with E-state index in [9.17, 15) is 4.79 Å². The van der Waals surface area contributed by atoms with Gasteiger partial charge in [0.2, 0.25) is 0 Å². The van der Waals surface area contributed by atoms with Gasteiger partial charge in [-0.1, -0.05) is 6.07 Å². The van der Waals surface area contributed by atoms with Crippen LogP contribution < -0.4 is 10.1 Å². The molecule has 1 amide bonds. The fourth-order valence-electron chi connectivity index (χ4n) is 2.52. The quantitative estimate of drug-likeness (QED) is 0.897. The molecule has 0 spiro atoms. The zero-order valence-electron chi connectivity index (χ0n) is 12.6. The summed E-state index contributed by atoms with van der Waals surface area (Å²) in [6, 6.07) is 7.84. The van der Waals surface area contributed by atoms with Gasteiger partial charge < -0.3 is 15.0 Å². The van der Waals surface area contributed by atoms with Crippen LogP contribution in [-0.2, 0) is 0 Å². The van der Waals surface area contributed by atoms with Crippen molar-refractivity contribution in [2.24, 2.45) is 0 Å². The van der Waals surface area contributed by atoms with Crippen LogP contribution in [0.3, 0.4) is 0 Å². The van der Waals surface area contributed by atoms with E-state index >= 15 is 0 Å². The summed E-state index contributed by atoms with van der Waals surface area (Å²) in [6.07, 6.45) is 2.46. The maximum Gasteiger partial charge on any atom is 0.253 e. The minimum Gasteiger partial charge on any atom is -0.491 e. The van der Waals surface area contributed by atoms with Crippen LogP contribution in [0.25, 0.3) is 0 Å². The van der Waals surface area contributed by atoms with Crippen molar-refractivity contribution in [1.82, 2.24) is 10.2 Å². The van der Waals surface area contributed by atoms with E-state index in [1.165, 1.54) is 6.42 Å². The van der Waals surface area contributed by atoms with Gasteiger partial charge in [-0.05, 0) is 51.4 Å². The first-order chi connectivity index (χ1) is 9.56. The molecule has 1 unspecified atom stereocenters. The van der Waals surface area contributed by atoms with Gasteiger partial charge in [0.25, 0.3) is 5.91 Å². The number of ether oxygens (including phenoxy) is 1. The summed E-state index contributed by atoms with van der Waals surface area (Å²) < 4.78 is 5.64. The Morgan fingerprint density at radius 3 is 2.95 bits per heavy atom. The smallest absolute Gasteiger partial charge is 0.253 e. The number of nitrogens with one attached hydrogen (secondary N) is 1. The molecule has 0 aromatic heterocycles. The summed E-state index contributed by atoms with van der Waals surface area (Å²) in [6.45, 7) is 5.78. The van der Waals surface area contributed by atoms with Gasteiger partial charge in [0.15, 0.2) is 0 Å². The van der Waals surface area contributed by atoms with Crippen LogP contribution in [0.4, 0.5) is 0 Å². The summed E-state index contributed by atoms with van der Waals surface area (Å²) in [5, 5.41) is 3.41. The van der Waals surface area contributed by atoms with E-state index in [0.29, 0.717) is 11.6 Å². The van der Waals surface area contributed by atoms with Crippen molar-refractivity contribution < 1.29 is 9.53 Å². The molecule has 1 N–H and O–H groups in total. The Bertz CT molecular complexity index is 454. The molecule has 4 heteroatoms. The van der Waals surface area contributed by atoms with Crippen molar-refractivity contribution in [3.8, 4) is 5.75 Å². The number of amides is 1. The van der Waals surface area contributed by atoms with Gasteiger partial charge in [-0.3, -0.25) is 4.79 Å². The molecule has 110 valence electrons. The number of likely N-dealkylation sites (N-methyl/N-ethyl adjacent to an activating group) is 1. The third-order valence-electron chi connectivity index (χ3n) is 3.46. The van der Waals surface area contributed by atoms with Gasteiger partial charge in [-0.25, -0.2) is 0 Å². The third kappa shape index (κ3) is 3.97. The monoisotopic (exact) mass is 276 g/mol. The first-order valence-corrected chi connectivity index (χ1v) is 7.32. The number of hydrogen-bond acceptors (Lipinski definition) is 3. The van der Waals surface area contributed by atoms with E-state index in [1.807, 2.05) is 45.2 Å². The van der Waals surface area contributed by atoms with Gasteiger partial charge in [-0.2, -0.15) is 0 Å². The maximum atomic E-state index is 12.4. The lowest BCUT2D eigenvalue weighted by molar-refractivity contribution is 0.0783. The van der Waals surface area contributed by atoms with Crippen LogP contribution >= 0.6 is 0 Å². The SMILES string of the molecule is CC(C)Oc1cccc(C(=O)N(C)CC2CCCN2)c1. The predicted octanol–water partition coefficient (Wildman–Crippen LogP) is 2.30. The Kier molecular flexibility index (Phi) is 5.01. The fraction of sp³-hybridized carbons (Fsp3) is 0.562. The van der Waals surface area contributed by atoms with Gasteiger partial charge in [-0.15, -0.1) is 0 Å². The van der Waals surface area contributed by atoms with Crippen LogP contribution in [-0.4, -0.2) is 43.1 Å². The number of nitrogens with zero attached hydrogens (tertiary/aromatic N) is 1. The molecule has 1 aliphatic rings. The highest BCUT2D eigenvalue weighted by Gasteiger charge is 2.19. The van der Waals surface area contributed by atoms with Gasteiger partial charge in [0.05, 0.1) is 6.10 Å². The summed E-state index contributed by atoms with van der Waals surface area (Å²) in [7, 11) is 1.86. The normalized spacial score (nSPS) is 18.3. The lowest BCUT2D eigenvalue weighted by Gasteiger charge is -2.21. The first kappa shape index (κ1) is 14.9. The van der Waals surface area contributed by atoms with Crippen molar-refractivity contribution in [1.29, 1.82) is 0 Å². The molecule has 0 bridgehead atoms. The van der Waals surface area contributed by atoms with E-state index in [2.05, 4.69) is 5.32 Å². The molecule has 20 heavy (non-hydrogen) atoms. The molecule has 1 saturated heterocycles. The minimum absolute atomic E-state index is 0.0490. The second-order valence-corrected chi connectivity index (χ2v) is 5.67. The number of hydrogen-bond donors (Lipinski definition) is 1. The Hall–Kier alpha value is -1.55. The average Bonchev–Trinajstić information content (AvgIpc) is 2.90. The van der Waals surface area contributed by atoms with Crippen molar-refractivity contribution >= 4 is 5.91 Å². The topological polar surface area (TPSA) is 41.6 Å². The van der Waals surface area contributed by atoms with E-state index in [-0.39, 0.29) is 12.0 Å². The molecule has 4 nitrogen and oxygen atoms in total. The molecular weight excluding hydrogens is 252 g/mol. The summed E-state index contributed by atoms with van der Waals surface area (Å²) >= 11 is 0. The Morgan fingerprint density at radius 2 is 2.30 bits per heavy atom. The second kappa shape index (κ2) is 6.75. The van der Waals surface area contributed by atoms with Crippen LogP contribution in [0, 0.1) is 0 Å². The highest BCUT2D eigenvalue weighted by Crippen LogP contribution is 2.16. The van der Waals surface area contributed by atoms with Crippen LogP contribution in [0.15, 0.2) is 24.3 Å². The second-order valence-electron chi connectivity index (χ2n) is 5.67. The Morgan fingerprint density at radius 1 is 1.50 bits per heavy atom. The van der Waals surface area contributed by atoms with E-state index in [0.717, 1.165) is 25.3 Å². The first-order valence-electron chi connectivity index (χ1n) is 7.32. The number of rotatable bonds is 5. The maximum absolute atomic E-state index is 12.4. The van der Waals surface area contributed by atoms with Gasteiger partial charge in [0, 0.05) is 25.2 Å². The molecule has 1 fully saturated rings. The number of benzene rings is 1. The largest absolute Gasteiger partial charge is 0.491 e. The van der Waals surface area contributed by atoms with Crippen LogP contribution in [0.5, 0.6) is 5.75 Å². The van der Waals surface area contributed by atoms with E-state index < -0.39 is 0 Å². The lowest BCUT2D eigenvalue weighted by Crippen LogP contribution is -2.38. The average molecular weight is 276 g/mol. The van der Waals surface area contributed by atoms with Crippen LogP contribution in [0.1, 0.15) is 37.0 Å². The highest BCUT2D eigenvalue weighted by atomic mass is 16.5. The van der Waals surface area contributed by atoms with E-state index in [1.54, 1.807) is 4.90 Å². The zero-order valence-corrected chi connectivity index (χ0v) is 12.6. The molecule has 0 saturated carbocycles. The molecule has 1 atom stereocenters. The van der Waals surface area contributed by atoms with Crippen molar-refractivity contribution in [3.63, 3.8) is 0 Å². The molecule has 1 aromatic rings. The highest BCUT2D eigenvalue weighted by molar-refractivity contribution is 5.94. The molecule has 0 aliphatic carbocycles. The fourth-order valence-corrected chi connectivity index (χ4v) is 2.52. The standard InChI is InChI=1S/C16H24N2O2/c1-12(2)20-15-8-4-6-13(10-15)16(19)18(3)11-14-7-5-9-17-14/h4,6,8,10,12,14,17H,5,7,9,11H2,1-3H3. The van der Waals surface area contributed by atoms with Crippen molar-refractivity contribution in [2.75, 3.05) is 20.1 Å². The van der Waals surface area contributed by atoms with Crippen LogP contribution in [0.2, 0.25) is 0 Å². The summed E-state index contributed by atoms with van der Waals surface area (Å²) in [5.41, 5.74) is 0.684. The summed E-state index contributed by atoms with van der Waals surface area (Å²) in [5.74, 6) is 0.797. The lowest BCUT2D eigenvalue weighted by atomic mass is 10.1. The number of carbonyl (C=O) groups is 1. The number of carbonyl (C=O) groups excluding carboxylic acids is 1. The predicted molar refractivity (Wildman–Crippen MR) is 80.2 cm³/mol. The molecule has 1 aliphatic heterocycles. The Balaban J connectivity index is 2.00. The third-order valence-corrected chi connectivity index (χ3v) is 3.46. The molecule has 1 aromatic carbocycles. The molecular formula is C16H24N2O2. The zero-order chi connectivity index (χ0) is 14.5. The molecule has 1 heterocycles. The van der Waals surface area contributed by atoms with Crippen molar-refractivity contribution in [3.05, 3.63) is 29.8 Å². The summed E-state index contributed by atoms with van der Waals surface area (Å²) in [4.78, 5) is 14.2.